The van der Waals surface area contributed by atoms with Gasteiger partial charge in [-0.2, -0.15) is 0 Å². The van der Waals surface area contributed by atoms with E-state index in [4.69, 9.17) is 4.74 Å². The second kappa shape index (κ2) is 6.52. The maximum atomic E-state index is 5.21. The van der Waals surface area contributed by atoms with Gasteiger partial charge < -0.3 is 10.1 Å². The van der Waals surface area contributed by atoms with Crippen LogP contribution in [-0.2, 0) is 13.1 Å². The SMILES string of the molecule is COc1ncccc1CNCc1ccc(Br)cc1. The summed E-state index contributed by atoms with van der Waals surface area (Å²) >= 11 is 3.42. The molecule has 0 radical (unpaired) electrons. The summed E-state index contributed by atoms with van der Waals surface area (Å²) in [7, 11) is 1.64. The average Bonchev–Trinajstić information content (AvgIpc) is 2.41. The standard InChI is InChI=1S/C14H15BrN2O/c1-18-14-12(3-2-8-17-14)10-16-9-11-4-6-13(15)7-5-11/h2-8,16H,9-10H2,1H3. The van der Waals surface area contributed by atoms with Crippen LogP contribution in [-0.4, -0.2) is 12.1 Å². The summed E-state index contributed by atoms with van der Waals surface area (Å²) in [5.74, 6) is 0.681. The second-order valence-corrected chi connectivity index (χ2v) is 4.82. The lowest BCUT2D eigenvalue weighted by Crippen LogP contribution is -2.13. The summed E-state index contributed by atoms with van der Waals surface area (Å²) in [4.78, 5) is 4.17. The first kappa shape index (κ1) is 13.1. The van der Waals surface area contributed by atoms with Gasteiger partial charge in [0, 0.05) is 29.3 Å². The molecule has 2 aromatic rings. The highest BCUT2D eigenvalue weighted by molar-refractivity contribution is 9.10. The summed E-state index contributed by atoms with van der Waals surface area (Å²) in [6.07, 6.45) is 1.73. The molecule has 3 nitrogen and oxygen atoms in total. The molecule has 2 rings (SSSR count). The molecule has 4 heteroatoms. The summed E-state index contributed by atoms with van der Waals surface area (Å²) in [6.45, 7) is 1.57. The molecule has 94 valence electrons. The van der Waals surface area contributed by atoms with Crippen LogP contribution in [0.5, 0.6) is 5.88 Å². The van der Waals surface area contributed by atoms with E-state index in [0.29, 0.717) is 5.88 Å². The van der Waals surface area contributed by atoms with Crippen LogP contribution >= 0.6 is 15.9 Å². The molecule has 0 aliphatic heterocycles. The van der Waals surface area contributed by atoms with Crippen molar-refractivity contribution in [1.82, 2.24) is 10.3 Å². The Morgan fingerprint density at radius 3 is 2.67 bits per heavy atom. The largest absolute Gasteiger partial charge is 0.481 e. The highest BCUT2D eigenvalue weighted by atomic mass is 79.9. The Morgan fingerprint density at radius 1 is 1.17 bits per heavy atom. The van der Waals surface area contributed by atoms with Gasteiger partial charge in [-0.25, -0.2) is 4.98 Å². The number of hydrogen-bond acceptors (Lipinski definition) is 3. The van der Waals surface area contributed by atoms with Gasteiger partial charge in [-0.15, -0.1) is 0 Å². The van der Waals surface area contributed by atoms with Gasteiger partial charge >= 0.3 is 0 Å². The van der Waals surface area contributed by atoms with E-state index in [1.807, 2.05) is 24.3 Å². The van der Waals surface area contributed by atoms with E-state index in [9.17, 15) is 0 Å². The number of hydrogen-bond donors (Lipinski definition) is 1. The van der Waals surface area contributed by atoms with Crippen LogP contribution in [0.4, 0.5) is 0 Å². The molecular weight excluding hydrogens is 292 g/mol. The maximum absolute atomic E-state index is 5.21. The zero-order valence-electron chi connectivity index (χ0n) is 10.2. The lowest BCUT2D eigenvalue weighted by molar-refractivity contribution is 0.390. The van der Waals surface area contributed by atoms with E-state index in [-0.39, 0.29) is 0 Å². The Bertz CT molecular complexity index is 499. The zero-order chi connectivity index (χ0) is 12.8. The van der Waals surface area contributed by atoms with Gasteiger partial charge in [-0.3, -0.25) is 0 Å². The molecule has 0 spiro atoms. The van der Waals surface area contributed by atoms with E-state index in [0.717, 1.165) is 23.1 Å². The van der Waals surface area contributed by atoms with Gasteiger partial charge in [0.1, 0.15) is 0 Å². The van der Waals surface area contributed by atoms with Crippen molar-refractivity contribution in [3.05, 3.63) is 58.2 Å². The Morgan fingerprint density at radius 2 is 1.94 bits per heavy atom. The lowest BCUT2D eigenvalue weighted by Gasteiger charge is -2.08. The maximum Gasteiger partial charge on any atom is 0.217 e. The number of nitrogens with one attached hydrogen (secondary N) is 1. The lowest BCUT2D eigenvalue weighted by atomic mass is 10.2. The van der Waals surface area contributed by atoms with Gasteiger partial charge in [-0.1, -0.05) is 34.1 Å². The van der Waals surface area contributed by atoms with Gasteiger partial charge in [0.05, 0.1) is 7.11 Å². The topological polar surface area (TPSA) is 34.1 Å². The first-order valence-electron chi connectivity index (χ1n) is 5.72. The molecule has 0 unspecified atom stereocenters. The smallest absolute Gasteiger partial charge is 0.217 e. The van der Waals surface area contributed by atoms with Crippen molar-refractivity contribution in [3.63, 3.8) is 0 Å². The number of ether oxygens (including phenoxy) is 1. The fourth-order valence-electron chi connectivity index (χ4n) is 1.69. The summed E-state index contributed by atoms with van der Waals surface area (Å²) in [5, 5.41) is 3.38. The minimum atomic E-state index is 0.681. The van der Waals surface area contributed by atoms with Crippen molar-refractivity contribution in [2.45, 2.75) is 13.1 Å². The van der Waals surface area contributed by atoms with Crippen LogP contribution in [0.2, 0.25) is 0 Å². The fraction of sp³-hybridized carbons (Fsp3) is 0.214. The molecule has 18 heavy (non-hydrogen) atoms. The van der Waals surface area contributed by atoms with Crippen molar-refractivity contribution in [1.29, 1.82) is 0 Å². The van der Waals surface area contributed by atoms with Gasteiger partial charge in [0.15, 0.2) is 0 Å². The Balaban J connectivity index is 1.90. The van der Waals surface area contributed by atoms with Crippen molar-refractivity contribution in [2.24, 2.45) is 0 Å². The molecule has 1 heterocycles. The van der Waals surface area contributed by atoms with Crippen LogP contribution in [0, 0.1) is 0 Å². The molecule has 0 amide bonds. The number of halogens is 1. The number of nitrogens with zero attached hydrogens (tertiary/aromatic N) is 1. The van der Waals surface area contributed by atoms with Crippen molar-refractivity contribution < 1.29 is 4.74 Å². The summed E-state index contributed by atoms with van der Waals surface area (Å²) in [5.41, 5.74) is 2.32. The molecule has 1 aromatic heterocycles. The number of benzene rings is 1. The van der Waals surface area contributed by atoms with Crippen LogP contribution in [0.15, 0.2) is 47.1 Å². The first-order chi connectivity index (χ1) is 8.79. The Labute approximate surface area is 115 Å². The minimum Gasteiger partial charge on any atom is -0.481 e. The number of rotatable bonds is 5. The molecule has 0 fully saturated rings. The monoisotopic (exact) mass is 306 g/mol. The number of methoxy groups -OCH3 is 1. The van der Waals surface area contributed by atoms with Crippen LogP contribution in [0.25, 0.3) is 0 Å². The van der Waals surface area contributed by atoms with Crippen molar-refractivity contribution in [2.75, 3.05) is 7.11 Å². The van der Waals surface area contributed by atoms with Gasteiger partial charge in [0.25, 0.3) is 0 Å². The summed E-state index contributed by atoms with van der Waals surface area (Å²) in [6, 6.07) is 12.2. The molecule has 0 saturated heterocycles. The van der Waals surface area contributed by atoms with Crippen LogP contribution in [0.3, 0.4) is 0 Å². The van der Waals surface area contributed by atoms with Crippen LogP contribution < -0.4 is 10.1 Å². The second-order valence-electron chi connectivity index (χ2n) is 3.90. The van der Waals surface area contributed by atoms with Crippen molar-refractivity contribution in [3.8, 4) is 5.88 Å². The molecule has 0 aliphatic rings. The normalized spacial score (nSPS) is 10.3. The molecule has 0 bridgehead atoms. The molecule has 1 aromatic carbocycles. The third-order valence-corrected chi connectivity index (χ3v) is 3.13. The highest BCUT2D eigenvalue weighted by Gasteiger charge is 2.02. The number of aromatic nitrogens is 1. The van der Waals surface area contributed by atoms with E-state index in [1.54, 1.807) is 13.3 Å². The zero-order valence-corrected chi connectivity index (χ0v) is 11.8. The highest BCUT2D eigenvalue weighted by Crippen LogP contribution is 2.14. The van der Waals surface area contributed by atoms with E-state index >= 15 is 0 Å². The van der Waals surface area contributed by atoms with Crippen LogP contribution in [0.1, 0.15) is 11.1 Å². The Kier molecular flexibility index (Phi) is 4.73. The first-order valence-corrected chi connectivity index (χ1v) is 6.52. The van der Waals surface area contributed by atoms with E-state index < -0.39 is 0 Å². The van der Waals surface area contributed by atoms with Gasteiger partial charge in [-0.05, 0) is 23.8 Å². The predicted octanol–water partition coefficient (Wildman–Crippen LogP) is 3.14. The predicted molar refractivity (Wildman–Crippen MR) is 75.5 cm³/mol. The molecule has 1 N–H and O–H groups in total. The number of pyridine rings is 1. The van der Waals surface area contributed by atoms with Crippen molar-refractivity contribution >= 4 is 15.9 Å². The Hall–Kier alpha value is -1.39. The third kappa shape index (κ3) is 3.55. The van der Waals surface area contributed by atoms with Gasteiger partial charge in [0.2, 0.25) is 5.88 Å². The quantitative estimate of drug-likeness (QED) is 0.921. The van der Waals surface area contributed by atoms with E-state index in [2.05, 4.69) is 38.4 Å². The molecule has 0 aliphatic carbocycles. The minimum absolute atomic E-state index is 0.681. The molecular formula is C14H15BrN2O. The third-order valence-electron chi connectivity index (χ3n) is 2.60. The summed E-state index contributed by atoms with van der Waals surface area (Å²) < 4.78 is 6.30. The molecule has 0 saturated carbocycles. The average molecular weight is 307 g/mol. The molecule has 0 atom stereocenters. The fourth-order valence-corrected chi connectivity index (χ4v) is 1.95. The van der Waals surface area contributed by atoms with E-state index in [1.165, 1.54) is 5.56 Å².